The molecule has 1 amide bonds. The summed E-state index contributed by atoms with van der Waals surface area (Å²) in [4.78, 5) is 24.6. The molecule has 5 heteroatoms. The van der Waals surface area contributed by atoms with Crippen LogP contribution in [0.15, 0.2) is 24.3 Å². The lowest BCUT2D eigenvalue weighted by atomic mass is 10.0. The molecule has 5 nitrogen and oxygen atoms in total. The first kappa shape index (κ1) is 16.9. The lowest BCUT2D eigenvalue weighted by Crippen LogP contribution is -2.29. The van der Waals surface area contributed by atoms with Crippen molar-refractivity contribution in [2.24, 2.45) is 0 Å². The van der Waals surface area contributed by atoms with Gasteiger partial charge in [0.05, 0.1) is 0 Å². The van der Waals surface area contributed by atoms with Crippen LogP contribution < -0.4 is 0 Å². The third-order valence-electron chi connectivity index (χ3n) is 3.20. The highest BCUT2D eigenvalue weighted by molar-refractivity contribution is 5.96. The number of aliphatic carboxylic acids is 1. The summed E-state index contributed by atoms with van der Waals surface area (Å²) in [5.74, 6) is -1.09. The van der Waals surface area contributed by atoms with Crippen molar-refractivity contribution in [1.82, 2.24) is 4.90 Å². The molecule has 21 heavy (non-hydrogen) atoms. The Morgan fingerprint density at radius 3 is 2.71 bits per heavy atom. The number of nitrogens with zero attached hydrogens (tertiary/aromatic N) is 1. The van der Waals surface area contributed by atoms with Gasteiger partial charge in [0.1, 0.15) is 0 Å². The summed E-state index contributed by atoms with van der Waals surface area (Å²) in [6.45, 7) is 3.04. The van der Waals surface area contributed by atoms with Gasteiger partial charge in [0, 0.05) is 38.9 Å². The number of amides is 1. The molecule has 1 rings (SSSR count). The van der Waals surface area contributed by atoms with Gasteiger partial charge in [0.2, 0.25) is 0 Å². The predicted molar refractivity (Wildman–Crippen MR) is 81.3 cm³/mol. The van der Waals surface area contributed by atoms with Gasteiger partial charge in [-0.3, -0.25) is 4.79 Å². The highest BCUT2D eigenvalue weighted by atomic mass is 16.5. The molecule has 0 unspecified atom stereocenters. The standard InChI is InChI=1S/C16H21NO4/c1-12-13(8-9-15(18)19)6-4-7-14(12)16(20)17(2)10-5-11-21-3/h4,6-9H,5,10-11H2,1-3H3,(H,18,19). The number of ether oxygens (including phenoxy) is 1. The van der Waals surface area contributed by atoms with Crippen LogP contribution in [0.5, 0.6) is 0 Å². The SMILES string of the molecule is COCCCN(C)C(=O)c1cccc(C=CC(=O)O)c1C. The summed E-state index contributed by atoms with van der Waals surface area (Å²) in [6.07, 6.45) is 3.34. The maximum atomic E-state index is 12.4. The Balaban J connectivity index is 2.90. The van der Waals surface area contributed by atoms with E-state index in [1.54, 1.807) is 37.3 Å². The molecule has 114 valence electrons. The van der Waals surface area contributed by atoms with Crippen LogP contribution >= 0.6 is 0 Å². The van der Waals surface area contributed by atoms with Gasteiger partial charge in [-0.25, -0.2) is 4.79 Å². The van der Waals surface area contributed by atoms with Crippen molar-refractivity contribution in [3.63, 3.8) is 0 Å². The minimum Gasteiger partial charge on any atom is -0.478 e. The molecular weight excluding hydrogens is 270 g/mol. The molecule has 1 aromatic carbocycles. The second-order valence-corrected chi connectivity index (χ2v) is 4.76. The van der Waals surface area contributed by atoms with Crippen molar-refractivity contribution >= 4 is 18.0 Å². The summed E-state index contributed by atoms with van der Waals surface area (Å²) in [5, 5.41) is 8.68. The minimum absolute atomic E-state index is 0.0748. The monoisotopic (exact) mass is 291 g/mol. The summed E-state index contributed by atoms with van der Waals surface area (Å²) in [7, 11) is 3.38. The second-order valence-electron chi connectivity index (χ2n) is 4.76. The molecule has 0 aliphatic rings. The van der Waals surface area contributed by atoms with E-state index in [1.807, 2.05) is 6.92 Å². The normalized spacial score (nSPS) is 10.8. The number of carboxylic acids is 1. The summed E-state index contributed by atoms with van der Waals surface area (Å²) >= 11 is 0. The topological polar surface area (TPSA) is 66.8 Å². The van der Waals surface area contributed by atoms with Gasteiger partial charge in [0.25, 0.3) is 5.91 Å². The molecule has 0 atom stereocenters. The highest BCUT2D eigenvalue weighted by Crippen LogP contribution is 2.17. The first-order chi connectivity index (χ1) is 9.97. The fourth-order valence-corrected chi connectivity index (χ4v) is 1.98. The van der Waals surface area contributed by atoms with Crippen LogP contribution in [0.2, 0.25) is 0 Å². The molecule has 0 saturated carbocycles. The summed E-state index contributed by atoms with van der Waals surface area (Å²) in [5.41, 5.74) is 2.09. The molecule has 1 aromatic rings. The van der Waals surface area contributed by atoms with E-state index in [-0.39, 0.29) is 5.91 Å². The molecule has 0 aliphatic carbocycles. The van der Waals surface area contributed by atoms with Crippen molar-refractivity contribution in [2.45, 2.75) is 13.3 Å². The van der Waals surface area contributed by atoms with Crippen molar-refractivity contribution in [1.29, 1.82) is 0 Å². The fraction of sp³-hybridized carbons (Fsp3) is 0.375. The van der Waals surface area contributed by atoms with Gasteiger partial charge < -0.3 is 14.7 Å². The van der Waals surface area contributed by atoms with Crippen molar-refractivity contribution in [3.05, 3.63) is 41.0 Å². The maximum Gasteiger partial charge on any atom is 0.328 e. The first-order valence-electron chi connectivity index (χ1n) is 6.72. The predicted octanol–water partition coefficient (Wildman–Crippen LogP) is 2.20. The zero-order valence-electron chi connectivity index (χ0n) is 12.6. The molecule has 0 radical (unpaired) electrons. The Morgan fingerprint density at radius 2 is 2.10 bits per heavy atom. The average Bonchev–Trinajstić information content (AvgIpc) is 2.45. The Labute approximate surface area is 124 Å². The van der Waals surface area contributed by atoms with Crippen LogP contribution in [-0.4, -0.2) is 49.2 Å². The summed E-state index contributed by atoms with van der Waals surface area (Å²) in [6, 6.07) is 5.30. The molecule has 0 spiro atoms. The van der Waals surface area contributed by atoms with Gasteiger partial charge in [-0.1, -0.05) is 12.1 Å². The number of carboxylic acid groups (broad SMARTS) is 1. The first-order valence-corrected chi connectivity index (χ1v) is 6.72. The molecular formula is C16H21NO4. The van der Waals surface area contributed by atoms with Gasteiger partial charge in [0.15, 0.2) is 0 Å². The Morgan fingerprint density at radius 1 is 1.38 bits per heavy atom. The van der Waals surface area contributed by atoms with Crippen molar-refractivity contribution in [2.75, 3.05) is 27.3 Å². The smallest absolute Gasteiger partial charge is 0.328 e. The second kappa shape index (κ2) is 8.21. The number of carbonyl (C=O) groups excluding carboxylic acids is 1. The Hall–Kier alpha value is -2.14. The van der Waals surface area contributed by atoms with Gasteiger partial charge in [-0.05, 0) is 36.6 Å². The zero-order valence-corrected chi connectivity index (χ0v) is 12.6. The maximum absolute atomic E-state index is 12.4. The van der Waals surface area contributed by atoms with E-state index in [4.69, 9.17) is 9.84 Å². The molecule has 1 N–H and O–H groups in total. The van der Waals surface area contributed by atoms with E-state index in [0.717, 1.165) is 23.6 Å². The van der Waals surface area contributed by atoms with Crippen molar-refractivity contribution < 1.29 is 19.4 Å². The fourth-order valence-electron chi connectivity index (χ4n) is 1.98. The zero-order chi connectivity index (χ0) is 15.8. The largest absolute Gasteiger partial charge is 0.478 e. The molecule has 0 aliphatic heterocycles. The van der Waals surface area contributed by atoms with Crippen LogP contribution in [0.1, 0.15) is 27.9 Å². The van der Waals surface area contributed by atoms with E-state index < -0.39 is 5.97 Å². The number of carbonyl (C=O) groups is 2. The molecule has 0 bridgehead atoms. The van der Waals surface area contributed by atoms with E-state index in [1.165, 1.54) is 6.08 Å². The molecule has 0 fully saturated rings. The lowest BCUT2D eigenvalue weighted by molar-refractivity contribution is -0.131. The quantitative estimate of drug-likeness (QED) is 0.618. The number of methoxy groups -OCH3 is 1. The Kier molecular flexibility index (Phi) is 6.62. The third-order valence-corrected chi connectivity index (χ3v) is 3.20. The number of benzene rings is 1. The van der Waals surface area contributed by atoms with E-state index in [0.29, 0.717) is 18.7 Å². The highest BCUT2D eigenvalue weighted by Gasteiger charge is 2.14. The number of hydrogen-bond donors (Lipinski definition) is 1. The van der Waals surface area contributed by atoms with Crippen LogP contribution in [-0.2, 0) is 9.53 Å². The molecule has 0 aromatic heterocycles. The summed E-state index contributed by atoms with van der Waals surface area (Å²) < 4.78 is 4.97. The molecule has 0 saturated heterocycles. The van der Waals surface area contributed by atoms with Crippen LogP contribution in [0.4, 0.5) is 0 Å². The lowest BCUT2D eigenvalue weighted by Gasteiger charge is -2.18. The van der Waals surface area contributed by atoms with Crippen LogP contribution in [0, 0.1) is 6.92 Å². The minimum atomic E-state index is -1.01. The van der Waals surface area contributed by atoms with E-state index >= 15 is 0 Å². The van der Waals surface area contributed by atoms with Gasteiger partial charge in [-0.15, -0.1) is 0 Å². The van der Waals surface area contributed by atoms with Crippen LogP contribution in [0.3, 0.4) is 0 Å². The Bertz CT molecular complexity index is 537. The van der Waals surface area contributed by atoms with Gasteiger partial charge in [-0.2, -0.15) is 0 Å². The number of hydrogen-bond acceptors (Lipinski definition) is 3. The van der Waals surface area contributed by atoms with Crippen LogP contribution in [0.25, 0.3) is 6.08 Å². The number of rotatable bonds is 7. The van der Waals surface area contributed by atoms with Gasteiger partial charge >= 0.3 is 5.97 Å². The third kappa shape index (κ3) is 5.04. The van der Waals surface area contributed by atoms with Crippen molar-refractivity contribution in [3.8, 4) is 0 Å². The van der Waals surface area contributed by atoms with E-state index in [2.05, 4.69) is 0 Å². The molecule has 0 heterocycles. The average molecular weight is 291 g/mol. The van der Waals surface area contributed by atoms with E-state index in [9.17, 15) is 9.59 Å².